The summed E-state index contributed by atoms with van der Waals surface area (Å²) in [6.07, 6.45) is 0.756. The van der Waals surface area contributed by atoms with E-state index in [1.54, 1.807) is 0 Å². The van der Waals surface area contributed by atoms with Crippen LogP contribution in [0.2, 0.25) is 0 Å². The van der Waals surface area contributed by atoms with Crippen molar-refractivity contribution in [1.29, 1.82) is 0 Å². The molecule has 1 aromatic carbocycles. The lowest BCUT2D eigenvalue weighted by Crippen LogP contribution is -2.40. The fourth-order valence-corrected chi connectivity index (χ4v) is 2.28. The van der Waals surface area contributed by atoms with Crippen LogP contribution in [-0.4, -0.2) is 21.5 Å². The molecule has 0 aliphatic rings. The van der Waals surface area contributed by atoms with Gasteiger partial charge in [0.2, 0.25) is 0 Å². The van der Waals surface area contributed by atoms with Crippen LogP contribution >= 0.6 is 12.4 Å². The predicted molar refractivity (Wildman–Crippen MR) is 75.8 cm³/mol. The Bertz CT molecular complexity index is 425. The van der Waals surface area contributed by atoms with Crippen molar-refractivity contribution in [2.45, 2.75) is 19.4 Å². The number of nitrogens with one attached hydrogen (secondary N) is 2. The van der Waals surface area contributed by atoms with E-state index in [0.29, 0.717) is 6.54 Å². The lowest BCUT2D eigenvalue weighted by molar-refractivity contribution is 0.557. The quantitative estimate of drug-likeness (QED) is 0.699. The Kier molecular flexibility index (Phi) is 8.13. The summed E-state index contributed by atoms with van der Waals surface area (Å²) in [5.41, 5.74) is 6.78. The van der Waals surface area contributed by atoms with E-state index >= 15 is 0 Å². The fourth-order valence-electron chi connectivity index (χ4n) is 1.31. The molecular weight excluding hydrogens is 274 g/mol. The number of rotatable bonds is 7. The summed E-state index contributed by atoms with van der Waals surface area (Å²) in [7, 11) is -3.43. The topological polar surface area (TPSA) is 84.2 Å². The van der Waals surface area contributed by atoms with Gasteiger partial charge >= 0.3 is 0 Å². The fraction of sp³-hybridized carbons (Fsp3) is 0.455. The maximum Gasteiger partial charge on any atom is 0.276 e. The van der Waals surface area contributed by atoms with Crippen LogP contribution in [-0.2, 0) is 10.2 Å². The molecule has 0 spiro atoms. The molecule has 0 fully saturated rings. The van der Waals surface area contributed by atoms with Crippen molar-refractivity contribution >= 4 is 22.6 Å². The van der Waals surface area contributed by atoms with Crippen molar-refractivity contribution in [1.82, 2.24) is 9.44 Å². The molecule has 0 saturated heterocycles. The van der Waals surface area contributed by atoms with Gasteiger partial charge in [-0.2, -0.15) is 8.42 Å². The third kappa shape index (κ3) is 6.32. The largest absolute Gasteiger partial charge is 0.323 e. The minimum Gasteiger partial charge on any atom is -0.323 e. The maximum absolute atomic E-state index is 11.4. The molecule has 1 aromatic rings. The van der Waals surface area contributed by atoms with E-state index in [1.807, 2.05) is 37.3 Å². The van der Waals surface area contributed by atoms with Gasteiger partial charge in [0, 0.05) is 19.1 Å². The second kappa shape index (κ2) is 8.44. The molecule has 0 aliphatic carbocycles. The first-order chi connectivity index (χ1) is 8.05. The number of benzene rings is 1. The Morgan fingerprint density at radius 1 is 1.22 bits per heavy atom. The second-order valence-electron chi connectivity index (χ2n) is 3.76. The molecule has 1 unspecified atom stereocenters. The van der Waals surface area contributed by atoms with Crippen molar-refractivity contribution in [3.05, 3.63) is 35.9 Å². The van der Waals surface area contributed by atoms with Gasteiger partial charge in [0.15, 0.2) is 0 Å². The Morgan fingerprint density at radius 2 is 1.83 bits per heavy atom. The van der Waals surface area contributed by atoms with Crippen LogP contribution in [0.25, 0.3) is 0 Å². The summed E-state index contributed by atoms with van der Waals surface area (Å²) >= 11 is 0. The normalized spacial score (nSPS) is 12.8. The molecular formula is C11H20ClN3O2S. The van der Waals surface area contributed by atoms with E-state index in [-0.39, 0.29) is 25.0 Å². The van der Waals surface area contributed by atoms with Gasteiger partial charge in [0.25, 0.3) is 10.2 Å². The average Bonchev–Trinajstić information content (AvgIpc) is 2.35. The van der Waals surface area contributed by atoms with Gasteiger partial charge < -0.3 is 5.73 Å². The molecule has 0 amide bonds. The van der Waals surface area contributed by atoms with Crippen LogP contribution in [0.4, 0.5) is 0 Å². The predicted octanol–water partition coefficient (Wildman–Crippen LogP) is 0.942. The van der Waals surface area contributed by atoms with E-state index in [1.165, 1.54) is 0 Å². The smallest absolute Gasteiger partial charge is 0.276 e. The molecule has 7 heteroatoms. The van der Waals surface area contributed by atoms with Gasteiger partial charge in [-0.15, -0.1) is 12.4 Å². The summed E-state index contributed by atoms with van der Waals surface area (Å²) in [5.74, 6) is 0. The average molecular weight is 294 g/mol. The van der Waals surface area contributed by atoms with Crippen molar-refractivity contribution in [3.8, 4) is 0 Å². The lowest BCUT2D eigenvalue weighted by atomic mass is 10.1. The summed E-state index contributed by atoms with van der Waals surface area (Å²) in [6, 6.07) is 9.05. The number of halogens is 1. The van der Waals surface area contributed by atoms with E-state index in [2.05, 4.69) is 9.44 Å². The first-order valence-corrected chi connectivity index (χ1v) is 7.08. The highest BCUT2D eigenvalue weighted by Crippen LogP contribution is 2.07. The maximum atomic E-state index is 11.4. The molecule has 1 atom stereocenters. The Morgan fingerprint density at radius 3 is 2.39 bits per heavy atom. The highest BCUT2D eigenvalue weighted by Gasteiger charge is 2.11. The van der Waals surface area contributed by atoms with Crippen LogP contribution in [0.1, 0.15) is 24.9 Å². The Hall–Kier alpha value is -0.660. The molecule has 1 rings (SSSR count). The third-order valence-electron chi connectivity index (χ3n) is 2.26. The van der Waals surface area contributed by atoms with Crippen molar-refractivity contribution in [2.24, 2.45) is 5.73 Å². The summed E-state index contributed by atoms with van der Waals surface area (Å²) < 4.78 is 27.7. The molecule has 18 heavy (non-hydrogen) atoms. The highest BCUT2D eigenvalue weighted by atomic mass is 35.5. The van der Waals surface area contributed by atoms with Gasteiger partial charge in [-0.1, -0.05) is 37.3 Å². The van der Waals surface area contributed by atoms with Crippen LogP contribution in [0, 0.1) is 0 Å². The van der Waals surface area contributed by atoms with Crippen LogP contribution < -0.4 is 15.2 Å². The minimum atomic E-state index is -3.43. The molecule has 4 N–H and O–H groups in total. The van der Waals surface area contributed by atoms with Crippen LogP contribution in [0.15, 0.2) is 30.3 Å². The van der Waals surface area contributed by atoms with E-state index < -0.39 is 10.2 Å². The van der Waals surface area contributed by atoms with E-state index in [4.69, 9.17) is 5.73 Å². The monoisotopic (exact) mass is 293 g/mol. The first-order valence-electron chi connectivity index (χ1n) is 5.60. The molecule has 0 saturated carbocycles. The van der Waals surface area contributed by atoms with Gasteiger partial charge in [0.05, 0.1) is 0 Å². The zero-order valence-electron chi connectivity index (χ0n) is 10.3. The molecule has 0 aliphatic heterocycles. The number of hydrogen-bond acceptors (Lipinski definition) is 3. The van der Waals surface area contributed by atoms with Crippen molar-refractivity contribution in [2.75, 3.05) is 13.1 Å². The van der Waals surface area contributed by atoms with Gasteiger partial charge in [-0.05, 0) is 12.0 Å². The lowest BCUT2D eigenvalue weighted by Gasteiger charge is -2.13. The van der Waals surface area contributed by atoms with Gasteiger partial charge in [-0.25, -0.2) is 9.44 Å². The second-order valence-corrected chi connectivity index (χ2v) is 5.35. The zero-order valence-corrected chi connectivity index (χ0v) is 11.9. The summed E-state index contributed by atoms with van der Waals surface area (Å²) in [6.45, 7) is 2.51. The van der Waals surface area contributed by atoms with Crippen LogP contribution in [0.3, 0.4) is 0 Å². The van der Waals surface area contributed by atoms with E-state index in [9.17, 15) is 8.42 Å². The molecule has 104 valence electrons. The number of hydrogen-bond donors (Lipinski definition) is 3. The Labute approximate surface area is 115 Å². The van der Waals surface area contributed by atoms with Crippen molar-refractivity contribution in [3.63, 3.8) is 0 Å². The highest BCUT2D eigenvalue weighted by molar-refractivity contribution is 7.87. The van der Waals surface area contributed by atoms with Crippen molar-refractivity contribution < 1.29 is 8.42 Å². The summed E-state index contributed by atoms with van der Waals surface area (Å²) in [4.78, 5) is 0. The van der Waals surface area contributed by atoms with Gasteiger partial charge in [0.1, 0.15) is 0 Å². The third-order valence-corrected chi connectivity index (χ3v) is 3.39. The molecule has 0 heterocycles. The standard InChI is InChI=1S/C11H19N3O2S.ClH/c1-2-8-13-17(15,16)14-9-11(12)10-6-4-3-5-7-10;/h3-7,11,13-14H,2,8-9,12H2,1H3;1H. The van der Waals surface area contributed by atoms with Gasteiger partial charge in [-0.3, -0.25) is 0 Å². The van der Waals surface area contributed by atoms with E-state index in [0.717, 1.165) is 12.0 Å². The number of nitrogens with two attached hydrogens (primary N) is 1. The SMILES string of the molecule is CCCNS(=O)(=O)NCC(N)c1ccccc1.Cl. The first kappa shape index (κ1) is 17.3. The molecule has 5 nitrogen and oxygen atoms in total. The van der Waals surface area contributed by atoms with Crippen LogP contribution in [0.5, 0.6) is 0 Å². The molecule has 0 bridgehead atoms. The molecule has 0 aromatic heterocycles. The minimum absolute atomic E-state index is 0. The zero-order chi connectivity index (χ0) is 12.7. The summed E-state index contributed by atoms with van der Waals surface area (Å²) in [5, 5.41) is 0. The Balaban J connectivity index is 0.00000289. The molecule has 0 radical (unpaired) electrons.